The van der Waals surface area contributed by atoms with E-state index in [0.29, 0.717) is 58.8 Å². The maximum Gasteiger partial charge on any atom is 0.818 e. The first-order valence-corrected chi connectivity index (χ1v) is 20.5. The lowest BCUT2D eigenvalue weighted by Crippen LogP contribution is -2.48. The number of rotatable bonds is 10. The Morgan fingerprint density at radius 1 is 0.537 bits per heavy atom. The third-order valence-corrected chi connectivity index (χ3v) is 14.3. The Morgan fingerprint density at radius 3 is 1.35 bits per heavy atom. The summed E-state index contributed by atoms with van der Waals surface area (Å²) in [5.41, 5.74) is 4.39. The van der Waals surface area contributed by atoms with Crippen molar-refractivity contribution < 1.29 is 17.2 Å². The number of phosphoric acid groups is 1. The van der Waals surface area contributed by atoms with E-state index < -0.39 is 22.7 Å². The van der Waals surface area contributed by atoms with Gasteiger partial charge in [-0.3, -0.25) is 9.05 Å². The van der Waals surface area contributed by atoms with Crippen molar-refractivity contribution in [1.29, 1.82) is 0 Å². The Hall–Kier alpha value is -5.64. The van der Waals surface area contributed by atoms with Crippen LogP contribution in [0.25, 0.3) is 21.5 Å². The number of nitrogens with zero attached hydrogens (tertiary/aromatic N) is 8. The van der Waals surface area contributed by atoms with E-state index in [-0.39, 0.29) is 13.2 Å². The molecule has 0 atom stereocenters. The minimum Gasteiger partial charge on any atom is -0.373 e. The smallest absolute Gasteiger partial charge is 0.373 e. The van der Waals surface area contributed by atoms with Gasteiger partial charge in [-0.25, -0.2) is 34.5 Å². The summed E-state index contributed by atoms with van der Waals surface area (Å²) < 4.78 is 38.0. The normalized spacial score (nSPS) is 15.0. The van der Waals surface area contributed by atoms with E-state index in [1.54, 1.807) is 12.2 Å². The first-order valence-electron chi connectivity index (χ1n) is 17.6. The molecule has 0 unspecified atom stereocenters. The third-order valence-electron chi connectivity index (χ3n) is 9.63. The predicted octanol–water partition coefficient (Wildman–Crippen LogP) is 7.23. The highest BCUT2D eigenvalue weighted by atomic mass is 31.2. The van der Waals surface area contributed by atoms with Crippen molar-refractivity contribution in [2.45, 2.75) is 12.8 Å². The van der Waals surface area contributed by atoms with Gasteiger partial charge in [-0.05, 0) is 12.8 Å². The van der Waals surface area contributed by atoms with Crippen molar-refractivity contribution in [2.24, 2.45) is 30.0 Å². The van der Waals surface area contributed by atoms with Gasteiger partial charge in [0.15, 0.2) is 23.3 Å². The van der Waals surface area contributed by atoms with E-state index in [0.717, 1.165) is 43.8 Å². The van der Waals surface area contributed by atoms with Crippen molar-refractivity contribution in [3.63, 3.8) is 0 Å². The van der Waals surface area contributed by atoms with E-state index in [1.807, 2.05) is 104 Å². The van der Waals surface area contributed by atoms with Crippen molar-refractivity contribution in [3.05, 3.63) is 156 Å². The van der Waals surface area contributed by atoms with E-state index in [1.165, 1.54) is 0 Å². The SMILES string of the molecule is C=CCCOP(=O)(OCCC=C)[O][Al]1[n]2c3c4ccccc4c2N=C2N=C(N=c4c5ccccc5c([n]41)=NC1=NC(=N3)c3ccccc31)c1ccccc12. The highest BCUT2D eigenvalue weighted by Gasteiger charge is 2.48. The van der Waals surface area contributed by atoms with E-state index in [2.05, 4.69) is 13.2 Å². The average Bonchev–Trinajstić information content (AvgIpc) is 3.91. The molecular weight excluding hydrogens is 714 g/mol. The van der Waals surface area contributed by atoms with Crippen LogP contribution in [0.5, 0.6) is 0 Å². The molecule has 0 saturated heterocycles. The predicted molar refractivity (Wildman–Crippen MR) is 211 cm³/mol. The Morgan fingerprint density at radius 2 is 0.926 bits per heavy atom. The number of hydrogen-bond donors (Lipinski definition) is 0. The van der Waals surface area contributed by atoms with Gasteiger partial charge in [-0.15, -0.1) is 13.2 Å². The summed E-state index contributed by atoms with van der Waals surface area (Å²) in [6, 6.07) is 31.6. The van der Waals surface area contributed by atoms with Crippen molar-refractivity contribution in [3.8, 4) is 0 Å². The van der Waals surface area contributed by atoms with E-state index in [9.17, 15) is 0 Å². The van der Waals surface area contributed by atoms with Gasteiger partial charge in [-0.2, -0.15) is 0 Å². The highest BCUT2D eigenvalue weighted by molar-refractivity contribution is 7.49. The molecule has 4 aromatic carbocycles. The second-order valence-corrected chi connectivity index (χ2v) is 16.8. The van der Waals surface area contributed by atoms with Crippen LogP contribution in [0, 0.1) is 0 Å². The molecule has 4 aliphatic heterocycles. The Kier molecular flexibility index (Phi) is 7.96. The average molecular weight is 745 g/mol. The molecule has 14 heteroatoms. The van der Waals surface area contributed by atoms with E-state index >= 15 is 4.57 Å². The molecule has 6 heterocycles. The topological polar surface area (TPSA) is 129 Å². The first kappa shape index (κ1) is 33.0. The zero-order chi connectivity index (χ0) is 36.4. The summed E-state index contributed by atoms with van der Waals surface area (Å²) in [5.74, 6) is 2.99. The van der Waals surface area contributed by atoms with Crippen LogP contribution < -0.4 is 11.0 Å². The van der Waals surface area contributed by atoms with Crippen molar-refractivity contribution in [1.82, 2.24) is 7.10 Å². The van der Waals surface area contributed by atoms with Crippen LogP contribution >= 0.6 is 7.82 Å². The Bertz CT molecular complexity index is 2740. The molecule has 6 bridgehead atoms. The number of amidine groups is 4. The minimum absolute atomic E-state index is 0.0638. The summed E-state index contributed by atoms with van der Waals surface area (Å²) in [6.07, 6.45) is 4.24. The second-order valence-electron chi connectivity index (χ2n) is 12.9. The lowest BCUT2D eigenvalue weighted by molar-refractivity contribution is 0.157. The number of hydrogen-bond acceptors (Lipinski definition) is 10. The van der Waals surface area contributed by atoms with Gasteiger partial charge < -0.3 is 10.7 Å². The zero-order valence-corrected chi connectivity index (χ0v) is 30.9. The minimum atomic E-state index is -4.32. The molecule has 54 heavy (non-hydrogen) atoms. The van der Waals surface area contributed by atoms with Crippen LogP contribution in [0.3, 0.4) is 0 Å². The first-order chi connectivity index (χ1) is 26.5. The molecule has 0 saturated carbocycles. The number of phosphoric ester groups is 1. The number of aliphatic imine (C=N–C) groups is 4. The van der Waals surface area contributed by atoms with E-state index in [4.69, 9.17) is 42.6 Å². The fourth-order valence-electron chi connectivity index (χ4n) is 7.19. The van der Waals surface area contributed by atoms with Gasteiger partial charge in [0.25, 0.3) is 0 Å². The zero-order valence-electron chi connectivity index (χ0n) is 28.9. The standard InChI is InChI=1S/C32H16N8.C8H15O4P.Al/c1-2-10-18-17(9-1)25-33-26(18)38-28-21-13-5-6-14-22(21)30(35-28)40-32-24-16-8-7-15-23(24)31(36-32)39-29-20-12-4-3-11-19(20)27(34-29)37-25;1-3-5-7-11-13(9,10)12-8-6-4-2;/h1-16H;3-4H,1-2,5-8H2,(H,9,10);/q-2;;+3/p-1. The van der Waals surface area contributed by atoms with Gasteiger partial charge in [0, 0.05) is 43.8 Å². The molecule has 0 fully saturated rings. The van der Waals surface area contributed by atoms with Gasteiger partial charge in [0.2, 0.25) is 0 Å². The number of aromatic nitrogens is 2. The van der Waals surface area contributed by atoms with Crippen LogP contribution in [-0.4, -0.2) is 58.6 Å². The molecule has 0 amide bonds. The van der Waals surface area contributed by atoms with Crippen LogP contribution in [-0.2, 0) is 17.2 Å². The van der Waals surface area contributed by atoms with Crippen molar-refractivity contribution >= 4 is 79.3 Å². The molecule has 0 spiro atoms. The largest absolute Gasteiger partial charge is 0.818 e. The maximum absolute atomic E-state index is 15.0. The Balaban J connectivity index is 1.40. The molecule has 2 aromatic heterocycles. The fourth-order valence-corrected chi connectivity index (χ4v) is 11.9. The van der Waals surface area contributed by atoms with Gasteiger partial charge in [0.1, 0.15) is 22.6 Å². The maximum atomic E-state index is 15.0. The molecular formula is C40H30AlN8O4P. The van der Waals surface area contributed by atoms with Crippen LogP contribution in [0.15, 0.2) is 152 Å². The molecule has 4 aliphatic rings. The monoisotopic (exact) mass is 744 g/mol. The van der Waals surface area contributed by atoms with Gasteiger partial charge in [-0.1, -0.05) is 109 Å². The molecule has 10 rings (SSSR count). The quantitative estimate of drug-likeness (QED) is 0.0635. The summed E-state index contributed by atoms with van der Waals surface area (Å²) in [6.45, 7) is 7.76. The van der Waals surface area contributed by atoms with Gasteiger partial charge in [0.05, 0.1) is 13.2 Å². The summed E-state index contributed by atoms with van der Waals surface area (Å²) in [4.78, 5) is 31.3. The highest BCUT2D eigenvalue weighted by Crippen LogP contribution is 2.52. The van der Waals surface area contributed by atoms with Crippen LogP contribution in [0.4, 0.5) is 11.6 Å². The van der Waals surface area contributed by atoms with Crippen LogP contribution in [0.2, 0.25) is 0 Å². The molecule has 6 aromatic rings. The number of fused-ring (bicyclic) bond motifs is 14. The molecule has 0 N–H and O–H groups in total. The molecule has 262 valence electrons. The molecule has 12 nitrogen and oxygen atoms in total. The lowest BCUT2D eigenvalue weighted by atomic mass is 10.1. The Labute approximate surface area is 314 Å². The lowest BCUT2D eigenvalue weighted by Gasteiger charge is -2.24. The summed E-state index contributed by atoms with van der Waals surface area (Å²) in [5, 5.41) is 3.19. The fraction of sp³-hybridized carbons (Fsp3) is 0.100. The third kappa shape index (κ3) is 5.21. The van der Waals surface area contributed by atoms with Gasteiger partial charge >= 0.3 is 22.7 Å². The van der Waals surface area contributed by atoms with Crippen LogP contribution in [0.1, 0.15) is 35.1 Å². The molecule has 0 aliphatic carbocycles. The van der Waals surface area contributed by atoms with Crippen molar-refractivity contribution in [2.75, 3.05) is 13.2 Å². The second kappa shape index (κ2) is 13.0. The number of benzene rings is 4. The molecule has 0 radical (unpaired) electrons. The summed E-state index contributed by atoms with van der Waals surface area (Å²) >= 11 is -3.51. The summed E-state index contributed by atoms with van der Waals surface area (Å²) in [7, 11) is -4.32.